The molecule has 1 heterocycles. The Morgan fingerprint density at radius 3 is 2.58 bits per heavy atom. The van der Waals surface area contributed by atoms with Crippen LogP contribution in [0.25, 0.3) is 0 Å². The highest BCUT2D eigenvalue weighted by Crippen LogP contribution is 2.26. The average Bonchev–Trinajstić information content (AvgIpc) is 2.89. The molecule has 1 aromatic carbocycles. The van der Waals surface area contributed by atoms with Crippen molar-refractivity contribution in [2.45, 2.75) is 31.1 Å². The Bertz CT molecular complexity index is 510. The summed E-state index contributed by atoms with van der Waals surface area (Å²) in [6.45, 7) is 3.26. The van der Waals surface area contributed by atoms with Crippen LogP contribution >= 0.6 is 0 Å². The summed E-state index contributed by atoms with van der Waals surface area (Å²) in [6.07, 6.45) is 2.43. The van der Waals surface area contributed by atoms with Crippen molar-refractivity contribution in [2.75, 3.05) is 19.7 Å². The van der Waals surface area contributed by atoms with Gasteiger partial charge in [-0.1, -0.05) is 19.1 Å². The van der Waals surface area contributed by atoms with Gasteiger partial charge in [0, 0.05) is 19.7 Å². The smallest absolute Gasteiger partial charge is 0.243 e. The van der Waals surface area contributed by atoms with Gasteiger partial charge in [0.1, 0.15) is 0 Å². The minimum Gasteiger partial charge on any atom is -0.396 e. The van der Waals surface area contributed by atoms with Crippen molar-refractivity contribution < 1.29 is 13.5 Å². The Morgan fingerprint density at radius 1 is 1.32 bits per heavy atom. The first kappa shape index (κ1) is 14.5. The van der Waals surface area contributed by atoms with Crippen LogP contribution in [0, 0.1) is 5.92 Å². The van der Waals surface area contributed by atoms with Crippen molar-refractivity contribution >= 4 is 10.0 Å². The van der Waals surface area contributed by atoms with Gasteiger partial charge in [-0.15, -0.1) is 0 Å². The van der Waals surface area contributed by atoms with E-state index in [9.17, 15) is 8.42 Å². The third kappa shape index (κ3) is 3.16. The lowest BCUT2D eigenvalue weighted by molar-refractivity contribution is 0.259. The van der Waals surface area contributed by atoms with Crippen LogP contribution in [0.15, 0.2) is 29.2 Å². The number of hydrogen-bond donors (Lipinski definition) is 1. The van der Waals surface area contributed by atoms with E-state index < -0.39 is 10.0 Å². The molecular formula is C14H21NO3S. The summed E-state index contributed by atoms with van der Waals surface area (Å²) in [5.41, 5.74) is 1.14. The summed E-state index contributed by atoms with van der Waals surface area (Å²) in [4.78, 5) is 0.370. The van der Waals surface area contributed by atoms with Crippen molar-refractivity contribution in [3.05, 3.63) is 29.8 Å². The molecule has 1 aliphatic rings. The van der Waals surface area contributed by atoms with Gasteiger partial charge in [-0.2, -0.15) is 4.31 Å². The van der Waals surface area contributed by atoms with Gasteiger partial charge < -0.3 is 5.11 Å². The molecule has 1 N–H and O–H groups in total. The lowest BCUT2D eigenvalue weighted by Gasteiger charge is -2.16. The quantitative estimate of drug-likeness (QED) is 0.894. The van der Waals surface area contributed by atoms with Crippen molar-refractivity contribution in [1.29, 1.82) is 0 Å². The molecule has 0 radical (unpaired) electrons. The maximum absolute atomic E-state index is 12.4. The molecule has 5 heteroatoms. The van der Waals surface area contributed by atoms with Gasteiger partial charge in [-0.3, -0.25) is 0 Å². The summed E-state index contributed by atoms with van der Waals surface area (Å²) in [7, 11) is -3.36. The zero-order valence-electron chi connectivity index (χ0n) is 11.2. The van der Waals surface area contributed by atoms with Crippen LogP contribution in [0.1, 0.15) is 25.3 Å². The second-order valence-corrected chi connectivity index (χ2v) is 6.97. The topological polar surface area (TPSA) is 57.6 Å². The Morgan fingerprint density at radius 2 is 2.00 bits per heavy atom. The molecule has 0 bridgehead atoms. The molecule has 2 rings (SSSR count). The Kier molecular flexibility index (Phi) is 4.60. The summed E-state index contributed by atoms with van der Waals surface area (Å²) in [5, 5.41) is 8.92. The molecule has 0 aliphatic carbocycles. The van der Waals surface area contributed by atoms with Crippen molar-refractivity contribution in [2.24, 2.45) is 5.92 Å². The van der Waals surface area contributed by atoms with Crippen molar-refractivity contribution in [3.63, 3.8) is 0 Å². The molecule has 1 saturated heterocycles. The van der Waals surface area contributed by atoms with Crippen LogP contribution in [0.5, 0.6) is 0 Å². The molecule has 1 aliphatic heterocycles. The predicted octanol–water partition coefficient (Wildman–Crippen LogP) is 1.64. The highest BCUT2D eigenvalue weighted by molar-refractivity contribution is 7.89. The second-order valence-electron chi connectivity index (χ2n) is 5.03. The van der Waals surface area contributed by atoms with E-state index in [1.165, 1.54) is 4.31 Å². The van der Waals surface area contributed by atoms with Gasteiger partial charge in [-0.05, 0) is 42.9 Å². The third-order valence-electron chi connectivity index (χ3n) is 3.76. The molecule has 0 aromatic heterocycles. The first-order valence-electron chi connectivity index (χ1n) is 6.78. The Labute approximate surface area is 115 Å². The van der Waals surface area contributed by atoms with E-state index in [1.807, 2.05) is 19.1 Å². The lowest BCUT2D eigenvalue weighted by Crippen LogP contribution is -2.29. The molecule has 1 aromatic rings. The zero-order chi connectivity index (χ0) is 13.9. The minimum atomic E-state index is -3.36. The monoisotopic (exact) mass is 283 g/mol. The number of hydrogen-bond acceptors (Lipinski definition) is 3. The highest BCUT2D eigenvalue weighted by Gasteiger charge is 2.31. The number of aryl methyl sites for hydroxylation is 1. The van der Waals surface area contributed by atoms with E-state index in [2.05, 4.69) is 0 Å². The zero-order valence-corrected chi connectivity index (χ0v) is 12.1. The van der Waals surface area contributed by atoms with Crippen molar-refractivity contribution in [1.82, 2.24) is 4.31 Å². The second kappa shape index (κ2) is 6.03. The number of nitrogens with zero attached hydrogens (tertiary/aromatic N) is 1. The maximum Gasteiger partial charge on any atom is 0.243 e. The standard InChI is InChI=1S/C14H21NO3S/c1-2-12-3-5-14(6-4-12)19(17,18)15-9-7-13(11-15)8-10-16/h3-6,13,16H,2,7-11H2,1H3. The predicted molar refractivity (Wildman–Crippen MR) is 74.4 cm³/mol. The van der Waals surface area contributed by atoms with Crippen LogP contribution in [-0.2, 0) is 16.4 Å². The van der Waals surface area contributed by atoms with E-state index in [1.54, 1.807) is 12.1 Å². The SMILES string of the molecule is CCc1ccc(S(=O)(=O)N2CCC(CCO)C2)cc1. The summed E-state index contributed by atoms with van der Waals surface area (Å²) < 4.78 is 26.4. The molecule has 1 unspecified atom stereocenters. The summed E-state index contributed by atoms with van der Waals surface area (Å²) >= 11 is 0. The van der Waals surface area contributed by atoms with E-state index in [4.69, 9.17) is 5.11 Å². The molecule has 4 nitrogen and oxygen atoms in total. The first-order chi connectivity index (χ1) is 9.07. The number of aliphatic hydroxyl groups excluding tert-OH is 1. The van der Waals surface area contributed by atoms with Gasteiger partial charge in [0.05, 0.1) is 4.90 Å². The van der Waals surface area contributed by atoms with E-state index in [0.717, 1.165) is 18.4 Å². The molecule has 0 amide bonds. The Hall–Kier alpha value is -0.910. The maximum atomic E-state index is 12.4. The first-order valence-corrected chi connectivity index (χ1v) is 8.22. The fourth-order valence-corrected chi connectivity index (χ4v) is 4.01. The largest absolute Gasteiger partial charge is 0.396 e. The molecule has 1 atom stereocenters. The molecule has 0 saturated carbocycles. The van der Waals surface area contributed by atoms with Crippen LogP contribution in [0.4, 0.5) is 0 Å². The van der Waals surface area contributed by atoms with Crippen LogP contribution in [-0.4, -0.2) is 37.5 Å². The van der Waals surface area contributed by atoms with Crippen molar-refractivity contribution in [3.8, 4) is 0 Å². The number of rotatable bonds is 5. The molecule has 19 heavy (non-hydrogen) atoms. The number of sulfonamides is 1. The summed E-state index contributed by atoms with van der Waals surface area (Å²) in [6, 6.07) is 7.11. The molecular weight excluding hydrogens is 262 g/mol. The average molecular weight is 283 g/mol. The fraction of sp³-hybridized carbons (Fsp3) is 0.571. The highest BCUT2D eigenvalue weighted by atomic mass is 32.2. The van der Waals surface area contributed by atoms with Gasteiger partial charge in [0.2, 0.25) is 10.0 Å². The fourth-order valence-electron chi connectivity index (χ4n) is 2.48. The summed E-state index contributed by atoms with van der Waals surface area (Å²) in [5.74, 6) is 0.287. The van der Waals surface area contributed by atoms with E-state index >= 15 is 0 Å². The van der Waals surface area contributed by atoms with Crippen LogP contribution < -0.4 is 0 Å². The normalized spacial score (nSPS) is 20.8. The van der Waals surface area contributed by atoms with E-state index in [-0.39, 0.29) is 12.5 Å². The van der Waals surface area contributed by atoms with Gasteiger partial charge in [0.25, 0.3) is 0 Å². The Balaban J connectivity index is 2.13. The van der Waals surface area contributed by atoms with Gasteiger partial charge in [-0.25, -0.2) is 8.42 Å². The molecule has 106 valence electrons. The lowest BCUT2D eigenvalue weighted by atomic mass is 10.1. The van der Waals surface area contributed by atoms with Gasteiger partial charge in [0.15, 0.2) is 0 Å². The number of benzene rings is 1. The third-order valence-corrected chi connectivity index (χ3v) is 5.63. The van der Waals surface area contributed by atoms with Crippen LogP contribution in [0.2, 0.25) is 0 Å². The van der Waals surface area contributed by atoms with Crippen LogP contribution in [0.3, 0.4) is 0 Å². The minimum absolute atomic E-state index is 0.129. The molecule has 0 spiro atoms. The van der Waals surface area contributed by atoms with Gasteiger partial charge >= 0.3 is 0 Å². The van der Waals surface area contributed by atoms with E-state index in [0.29, 0.717) is 24.4 Å². The number of aliphatic hydroxyl groups is 1. The molecule has 1 fully saturated rings.